The highest BCUT2D eigenvalue weighted by molar-refractivity contribution is 6.31. The first-order valence-corrected chi connectivity index (χ1v) is 12.5. The van der Waals surface area contributed by atoms with Gasteiger partial charge < -0.3 is 11.5 Å². The molecule has 4 heteroatoms. The van der Waals surface area contributed by atoms with E-state index in [0.29, 0.717) is 0 Å². The van der Waals surface area contributed by atoms with Gasteiger partial charge in [-0.1, -0.05) is 71.7 Å². The molecule has 0 bridgehead atoms. The lowest BCUT2D eigenvalue weighted by molar-refractivity contribution is 0.555. The topological polar surface area (TPSA) is 52.0 Å². The molecule has 4 unspecified atom stereocenters. The Morgan fingerprint density at radius 3 is 2.03 bits per heavy atom. The van der Waals surface area contributed by atoms with E-state index in [1.165, 1.54) is 38.9 Å². The molecule has 0 saturated heterocycles. The van der Waals surface area contributed by atoms with E-state index >= 15 is 0 Å². The van der Waals surface area contributed by atoms with Crippen LogP contribution in [0.5, 0.6) is 0 Å². The lowest BCUT2D eigenvalue weighted by Gasteiger charge is -2.25. The minimum absolute atomic E-state index is 0.0656. The van der Waals surface area contributed by atoms with Gasteiger partial charge in [-0.3, -0.25) is 0 Å². The van der Waals surface area contributed by atoms with Crippen molar-refractivity contribution in [1.82, 2.24) is 0 Å². The van der Waals surface area contributed by atoms with Gasteiger partial charge in [0, 0.05) is 34.0 Å². The number of benzene rings is 4. The summed E-state index contributed by atoms with van der Waals surface area (Å²) in [5.41, 5.74) is 23.1. The molecule has 4 atom stereocenters. The van der Waals surface area contributed by atoms with Gasteiger partial charge in [0.2, 0.25) is 0 Å². The summed E-state index contributed by atoms with van der Waals surface area (Å²) >= 11 is 12.8. The molecule has 0 amide bonds. The van der Waals surface area contributed by atoms with E-state index in [9.17, 15) is 0 Å². The molecule has 4 aromatic carbocycles. The number of hydrogen-bond acceptors (Lipinski definition) is 2. The number of halogens is 2. The summed E-state index contributed by atoms with van der Waals surface area (Å²) in [5, 5.41) is 1.45. The number of fused-ring (bicyclic) bond motifs is 2. The molecular formula is C30H26Cl2N2. The van der Waals surface area contributed by atoms with Crippen molar-refractivity contribution in [1.29, 1.82) is 0 Å². The van der Waals surface area contributed by atoms with Gasteiger partial charge in [0.05, 0.1) is 0 Å². The molecule has 0 spiro atoms. The van der Waals surface area contributed by atoms with Crippen molar-refractivity contribution in [2.75, 3.05) is 0 Å². The van der Waals surface area contributed by atoms with Crippen molar-refractivity contribution >= 4 is 23.2 Å². The highest BCUT2D eigenvalue weighted by atomic mass is 35.5. The molecule has 0 heterocycles. The van der Waals surface area contributed by atoms with Gasteiger partial charge in [0.15, 0.2) is 0 Å². The monoisotopic (exact) mass is 484 g/mol. The Morgan fingerprint density at radius 1 is 0.647 bits per heavy atom. The van der Waals surface area contributed by atoms with Crippen molar-refractivity contribution < 1.29 is 0 Å². The van der Waals surface area contributed by atoms with Gasteiger partial charge in [-0.2, -0.15) is 0 Å². The van der Waals surface area contributed by atoms with Crippen LogP contribution in [0.2, 0.25) is 10.0 Å². The van der Waals surface area contributed by atoms with Gasteiger partial charge in [-0.05, 0) is 93.7 Å². The maximum Gasteiger partial charge on any atom is 0.0408 e. The van der Waals surface area contributed by atoms with Gasteiger partial charge in [-0.25, -0.2) is 0 Å². The van der Waals surface area contributed by atoms with Gasteiger partial charge in [-0.15, -0.1) is 0 Å². The molecule has 0 aliphatic heterocycles. The van der Waals surface area contributed by atoms with Crippen LogP contribution in [-0.2, 0) is 6.42 Å². The molecule has 2 aliphatic rings. The zero-order valence-corrected chi connectivity index (χ0v) is 20.2. The van der Waals surface area contributed by atoms with Crippen LogP contribution in [0.1, 0.15) is 63.7 Å². The second-order valence-corrected chi connectivity index (χ2v) is 10.4. The van der Waals surface area contributed by atoms with E-state index in [-0.39, 0.29) is 23.9 Å². The minimum Gasteiger partial charge on any atom is -0.324 e. The first-order valence-electron chi connectivity index (χ1n) is 11.8. The van der Waals surface area contributed by atoms with Crippen molar-refractivity contribution in [3.05, 3.63) is 128 Å². The van der Waals surface area contributed by atoms with Crippen molar-refractivity contribution in [2.24, 2.45) is 11.5 Å². The average molecular weight is 485 g/mol. The standard InChI is InChI=1S/C30H26Cl2N2/c31-22-5-1-3-20(13-22)28-24-11-9-19(18-8-7-17-10-12-27(33)25(17)15-18)16-26(24)30(34)29(28)21-4-2-6-23(32)14-21/h1-9,11,13-16,27-30H,10,12,33-34H2. The Labute approximate surface area is 210 Å². The summed E-state index contributed by atoms with van der Waals surface area (Å²) < 4.78 is 0. The highest BCUT2D eigenvalue weighted by Gasteiger charge is 2.41. The summed E-state index contributed by atoms with van der Waals surface area (Å²) in [5.74, 6) is 0.167. The minimum atomic E-state index is -0.158. The van der Waals surface area contributed by atoms with Crippen LogP contribution in [0.15, 0.2) is 84.9 Å². The molecule has 6 rings (SSSR count). The third-order valence-electron chi connectivity index (χ3n) is 7.57. The summed E-state index contributed by atoms with van der Waals surface area (Å²) in [6.45, 7) is 0. The fraction of sp³-hybridized carbons (Fsp3) is 0.200. The third-order valence-corrected chi connectivity index (χ3v) is 8.04. The number of nitrogens with two attached hydrogens (primary N) is 2. The Balaban J connectivity index is 1.48. The van der Waals surface area contributed by atoms with Gasteiger partial charge >= 0.3 is 0 Å². The van der Waals surface area contributed by atoms with E-state index in [1.54, 1.807) is 0 Å². The molecule has 4 N–H and O–H groups in total. The van der Waals surface area contributed by atoms with E-state index in [0.717, 1.165) is 28.5 Å². The quantitative estimate of drug-likeness (QED) is 0.315. The Bertz CT molecular complexity index is 1400. The normalized spacial score (nSPS) is 23.1. The maximum absolute atomic E-state index is 7.00. The fourth-order valence-electron chi connectivity index (χ4n) is 5.93. The van der Waals surface area contributed by atoms with Crippen LogP contribution in [0.25, 0.3) is 11.1 Å². The molecule has 0 aromatic heterocycles. The van der Waals surface area contributed by atoms with Crippen molar-refractivity contribution in [2.45, 2.75) is 36.8 Å². The van der Waals surface area contributed by atoms with Gasteiger partial charge in [0.25, 0.3) is 0 Å². The summed E-state index contributed by atoms with van der Waals surface area (Å²) in [4.78, 5) is 0. The molecular weight excluding hydrogens is 459 g/mol. The molecule has 0 saturated carbocycles. The van der Waals surface area contributed by atoms with Crippen LogP contribution in [0.3, 0.4) is 0 Å². The summed E-state index contributed by atoms with van der Waals surface area (Å²) in [6, 6.07) is 29.6. The van der Waals surface area contributed by atoms with Crippen LogP contribution >= 0.6 is 23.2 Å². The zero-order chi connectivity index (χ0) is 23.4. The second kappa shape index (κ2) is 8.55. The Kier molecular flexibility index (Phi) is 5.50. The summed E-state index contributed by atoms with van der Waals surface area (Å²) in [6.07, 6.45) is 2.09. The first kappa shape index (κ1) is 21.9. The molecule has 0 radical (unpaired) electrons. The molecule has 4 aromatic rings. The Morgan fingerprint density at radius 2 is 1.29 bits per heavy atom. The fourth-order valence-corrected chi connectivity index (χ4v) is 6.33. The molecule has 0 fully saturated rings. The predicted molar refractivity (Wildman–Crippen MR) is 142 cm³/mol. The van der Waals surface area contributed by atoms with Crippen molar-refractivity contribution in [3.8, 4) is 11.1 Å². The Hall–Kier alpha value is -2.62. The molecule has 2 nitrogen and oxygen atoms in total. The lowest BCUT2D eigenvalue weighted by Crippen LogP contribution is -2.18. The lowest BCUT2D eigenvalue weighted by atomic mass is 9.80. The van der Waals surface area contributed by atoms with E-state index < -0.39 is 0 Å². The molecule has 170 valence electrons. The number of hydrogen-bond donors (Lipinski definition) is 2. The van der Waals surface area contributed by atoms with E-state index in [2.05, 4.69) is 54.6 Å². The maximum atomic E-state index is 7.00. The first-order chi connectivity index (χ1) is 16.5. The van der Waals surface area contributed by atoms with E-state index in [1.807, 2.05) is 30.3 Å². The summed E-state index contributed by atoms with van der Waals surface area (Å²) in [7, 11) is 0. The predicted octanol–water partition coefficient (Wildman–Crippen LogP) is 7.54. The second-order valence-electron chi connectivity index (χ2n) is 9.54. The SMILES string of the molecule is NC1CCc2ccc(-c3ccc4c(c3)C(N)C(c3cccc(Cl)c3)C4c3cccc(Cl)c3)cc21. The van der Waals surface area contributed by atoms with Crippen LogP contribution in [-0.4, -0.2) is 0 Å². The van der Waals surface area contributed by atoms with Gasteiger partial charge in [0.1, 0.15) is 0 Å². The number of rotatable bonds is 3. The smallest absolute Gasteiger partial charge is 0.0408 e. The highest BCUT2D eigenvalue weighted by Crippen LogP contribution is 2.54. The largest absolute Gasteiger partial charge is 0.324 e. The van der Waals surface area contributed by atoms with Crippen LogP contribution in [0.4, 0.5) is 0 Å². The van der Waals surface area contributed by atoms with Crippen molar-refractivity contribution in [3.63, 3.8) is 0 Å². The third kappa shape index (κ3) is 3.66. The van der Waals surface area contributed by atoms with Crippen LogP contribution < -0.4 is 11.5 Å². The number of aryl methyl sites for hydroxylation is 1. The van der Waals surface area contributed by atoms with E-state index in [4.69, 9.17) is 34.7 Å². The van der Waals surface area contributed by atoms with Crippen LogP contribution in [0, 0.1) is 0 Å². The molecule has 34 heavy (non-hydrogen) atoms. The molecule has 2 aliphatic carbocycles. The average Bonchev–Trinajstić information content (AvgIpc) is 3.35. The zero-order valence-electron chi connectivity index (χ0n) is 18.7.